The summed E-state index contributed by atoms with van der Waals surface area (Å²) in [5.74, 6) is -0.130. The minimum atomic E-state index is -0.348. The predicted molar refractivity (Wildman–Crippen MR) is 130 cm³/mol. The Bertz CT molecular complexity index is 1030. The van der Waals surface area contributed by atoms with Crippen LogP contribution in [-0.2, 0) is 11.2 Å². The normalized spacial score (nSPS) is 22.9. The van der Waals surface area contributed by atoms with Crippen molar-refractivity contribution in [3.8, 4) is 0 Å². The Morgan fingerprint density at radius 1 is 1.06 bits per heavy atom. The highest BCUT2D eigenvalue weighted by Crippen LogP contribution is 2.39. The number of benzene rings is 2. The number of fused-ring (bicyclic) bond motifs is 3. The van der Waals surface area contributed by atoms with Gasteiger partial charge < -0.3 is 15.1 Å². The number of carbonyl (C=O) groups is 1. The summed E-state index contributed by atoms with van der Waals surface area (Å²) in [7, 11) is 0. The Kier molecular flexibility index (Phi) is 5.96. The van der Waals surface area contributed by atoms with E-state index in [0.29, 0.717) is 6.42 Å². The Hall–Kier alpha value is -3.09. The van der Waals surface area contributed by atoms with Gasteiger partial charge in [-0.3, -0.25) is 14.9 Å². The zero-order valence-electron chi connectivity index (χ0n) is 19.2. The maximum absolute atomic E-state index is 13.5. The summed E-state index contributed by atoms with van der Waals surface area (Å²) in [5.41, 5.74) is 4.46. The number of hydrogen-bond acceptors (Lipinski definition) is 5. The number of hydrogen-bond donors (Lipinski definition) is 1. The second-order valence-corrected chi connectivity index (χ2v) is 9.77. The highest BCUT2D eigenvalue weighted by Gasteiger charge is 2.42. The maximum atomic E-state index is 13.5. The van der Waals surface area contributed by atoms with Crippen molar-refractivity contribution in [3.05, 3.63) is 63.7 Å². The molecular weight excluding hydrogens is 416 g/mol. The Morgan fingerprint density at radius 2 is 1.82 bits per heavy atom. The molecule has 3 aliphatic rings. The number of amides is 1. The molecule has 0 radical (unpaired) electrons. The van der Waals surface area contributed by atoms with Gasteiger partial charge in [0.25, 0.3) is 5.69 Å². The second-order valence-electron chi connectivity index (χ2n) is 9.77. The molecule has 2 unspecified atom stereocenters. The molecule has 2 aliphatic heterocycles. The summed E-state index contributed by atoms with van der Waals surface area (Å²) in [6.07, 6.45) is 6.21. The van der Waals surface area contributed by atoms with Crippen molar-refractivity contribution in [1.82, 2.24) is 5.32 Å². The van der Waals surface area contributed by atoms with Gasteiger partial charge in [-0.25, -0.2) is 0 Å². The van der Waals surface area contributed by atoms with E-state index in [2.05, 4.69) is 46.3 Å². The standard InChI is InChI=1S/C26H32N4O3/c1-18-7-9-21(10-8-18)28-13-14-29-24-12-11-22(30(32)33)15-19(24)16-23(25(29)17-28)26(31)27-20-5-3-2-4-6-20/h7-12,15,20,23,25H,2-6,13-14,16-17H2,1H3,(H,27,31). The lowest BCUT2D eigenvalue weighted by molar-refractivity contribution is -0.384. The van der Waals surface area contributed by atoms with Gasteiger partial charge in [-0.05, 0) is 49.9 Å². The van der Waals surface area contributed by atoms with Crippen LogP contribution in [0.25, 0.3) is 0 Å². The van der Waals surface area contributed by atoms with E-state index < -0.39 is 0 Å². The van der Waals surface area contributed by atoms with Crippen LogP contribution in [-0.4, -0.2) is 42.5 Å². The first-order valence-electron chi connectivity index (χ1n) is 12.2. The molecule has 0 bridgehead atoms. The van der Waals surface area contributed by atoms with Crippen LogP contribution in [0.3, 0.4) is 0 Å². The van der Waals surface area contributed by atoms with Crippen molar-refractivity contribution in [2.75, 3.05) is 29.4 Å². The highest BCUT2D eigenvalue weighted by atomic mass is 16.6. The van der Waals surface area contributed by atoms with E-state index in [-0.39, 0.29) is 34.5 Å². The smallest absolute Gasteiger partial charge is 0.269 e. The lowest BCUT2D eigenvalue weighted by Crippen LogP contribution is -2.61. The van der Waals surface area contributed by atoms with E-state index in [4.69, 9.17) is 0 Å². The number of rotatable bonds is 4. The molecule has 0 spiro atoms. The molecule has 0 aromatic heterocycles. The number of aryl methyl sites for hydroxylation is 1. The lowest BCUT2D eigenvalue weighted by atomic mass is 9.82. The van der Waals surface area contributed by atoms with Gasteiger partial charge in [0.1, 0.15) is 0 Å². The highest BCUT2D eigenvalue weighted by molar-refractivity contribution is 5.83. The molecule has 2 fully saturated rings. The van der Waals surface area contributed by atoms with E-state index >= 15 is 0 Å². The van der Waals surface area contributed by atoms with Crippen LogP contribution in [0.5, 0.6) is 0 Å². The fourth-order valence-electron chi connectivity index (χ4n) is 5.77. The van der Waals surface area contributed by atoms with Crippen molar-refractivity contribution in [1.29, 1.82) is 0 Å². The van der Waals surface area contributed by atoms with Gasteiger partial charge in [0, 0.05) is 49.2 Å². The predicted octanol–water partition coefficient (Wildman–Crippen LogP) is 4.22. The fourth-order valence-corrected chi connectivity index (χ4v) is 5.77. The summed E-state index contributed by atoms with van der Waals surface area (Å²) in [6.45, 7) is 4.50. The summed E-state index contributed by atoms with van der Waals surface area (Å²) < 4.78 is 0. The molecule has 174 valence electrons. The molecule has 2 atom stereocenters. The molecule has 5 rings (SSSR count). The number of nitrogens with zero attached hydrogens (tertiary/aromatic N) is 3. The Labute approximate surface area is 194 Å². The van der Waals surface area contributed by atoms with Gasteiger partial charge in [-0.2, -0.15) is 0 Å². The monoisotopic (exact) mass is 448 g/mol. The van der Waals surface area contributed by atoms with Crippen LogP contribution in [0.15, 0.2) is 42.5 Å². The van der Waals surface area contributed by atoms with Crippen LogP contribution in [0.1, 0.15) is 43.2 Å². The number of nitro benzene ring substituents is 1. The number of anilines is 2. The molecule has 1 amide bonds. The molecule has 7 nitrogen and oxygen atoms in total. The van der Waals surface area contributed by atoms with Gasteiger partial charge in [-0.1, -0.05) is 37.0 Å². The van der Waals surface area contributed by atoms with E-state index in [9.17, 15) is 14.9 Å². The molecule has 2 aromatic carbocycles. The Morgan fingerprint density at radius 3 is 2.55 bits per heavy atom. The van der Waals surface area contributed by atoms with Crippen LogP contribution >= 0.6 is 0 Å². The van der Waals surface area contributed by atoms with Crippen molar-refractivity contribution in [2.45, 2.75) is 57.5 Å². The third-order valence-corrected chi connectivity index (χ3v) is 7.59. The van der Waals surface area contributed by atoms with Crippen molar-refractivity contribution < 1.29 is 9.72 Å². The van der Waals surface area contributed by atoms with Gasteiger partial charge in [0.15, 0.2) is 0 Å². The van der Waals surface area contributed by atoms with E-state index in [1.807, 2.05) is 6.07 Å². The van der Waals surface area contributed by atoms with Crippen LogP contribution < -0.4 is 15.1 Å². The van der Waals surface area contributed by atoms with Gasteiger partial charge in [-0.15, -0.1) is 0 Å². The van der Waals surface area contributed by atoms with Gasteiger partial charge >= 0.3 is 0 Å². The minimum Gasteiger partial charge on any atom is -0.368 e. The molecule has 1 saturated heterocycles. The number of nitrogens with one attached hydrogen (secondary N) is 1. The summed E-state index contributed by atoms with van der Waals surface area (Å²) in [5, 5.41) is 14.7. The SMILES string of the molecule is Cc1ccc(N2CCN3c4ccc([N+](=O)[O-])cc4CC(C(=O)NC4CCCCC4)C3C2)cc1. The van der Waals surface area contributed by atoms with E-state index in [1.54, 1.807) is 12.1 Å². The van der Waals surface area contributed by atoms with Gasteiger partial charge in [0.2, 0.25) is 5.91 Å². The molecule has 1 saturated carbocycles. The van der Waals surface area contributed by atoms with E-state index in [0.717, 1.165) is 43.7 Å². The average Bonchev–Trinajstić information content (AvgIpc) is 2.83. The van der Waals surface area contributed by atoms with Crippen LogP contribution in [0, 0.1) is 23.0 Å². The van der Waals surface area contributed by atoms with Crippen molar-refractivity contribution in [2.24, 2.45) is 5.92 Å². The topological polar surface area (TPSA) is 78.7 Å². The third kappa shape index (κ3) is 4.41. The molecule has 33 heavy (non-hydrogen) atoms. The van der Waals surface area contributed by atoms with Gasteiger partial charge in [0.05, 0.1) is 16.9 Å². The number of nitro groups is 1. The zero-order chi connectivity index (χ0) is 22.9. The molecular formula is C26H32N4O3. The summed E-state index contributed by atoms with van der Waals surface area (Å²) in [4.78, 5) is 29.3. The second kappa shape index (κ2) is 9.04. The maximum Gasteiger partial charge on any atom is 0.269 e. The number of piperazine rings is 1. The molecule has 7 heteroatoms. The third-order valence-electron chi connectivity index (χ3n) is 7.59. The fraction of sp³-hybridized carbons (Fsp3) is 0.500. The van der Waals surface area contributed by atoms with Crippen molar-refractivity contribution in [3.63, 3.8) is 0 Å². The van der Waals surface area contributed by atoms with E-state index in [1.165, 1.54) is 30.5 Å². The molecule has 1 aliphatic carbocycles. The first-order valence-corrected chi connectivity index (χ1v) is 12.2. The minimum absolute atomic E-state index is 0.0394. The molecule has 2 aromatic rings. The number of carbonyl (C=O) groups excluding carboxylic acids is 1. The first kappa shape index (κ1) is 21.7. The van der Waals surface area contributed by atoms with Crippen LogP contribution in [0.4, 0.5) is 17.1 Å². The molecule has 1 N–H and O–H groups in total. The quantitative estimate of drug-likeness (QED) is 0.560. The number of non-ortho nitro benzene ring substituents is 1. The average molecular weight is 449 g/mol. The largest absolute Gasteiger partial charge is 0.368 e. The van der Waals surface area contributed by atoms with Crippen molar-refractivity contribution >= 4 is 23.0 Å². The lowest BCUT2D eigenvalue weighted by Gasteiger charge is -2.49. The first-order chi connectivity index (χ1) is 16.0. The summed E-state index contributed by atoms with van der Waals surface area (Å²) in [6, 6.07) is 14.0. The Balaban J connectivity index is 1.44. The van der Waals surface area contributed by atoms with Crippen LogP contribution in [0.2, 0.25) is 0 Å². The summed E-state index contributed by atoms with van der Waals surface area (Å²) >= 11 is 0. The molecule has 2 heterocycles. The zero-order valence-corrected chi connectivity index (χ0v) is 19.2.